The average molecular weight is 246 g/mol. The van der Waals surface area contributed by atoms with Gasteiger partial charge in [0, 0.05) is 17.5 Å². The van der Waals surface area contributed by atoms with Gasteiger partial charge in [0.1, 0.15) is 5.82 Å². The van der Waals surface area contributed by atoms with Crippen molar-refractivity contribution in [3.8, 4) is 0 Å². The van der Waals surface area contributed by atoms with E-state index in [1.807, 2.05) is 0 Å². The van der Waals surface area contributed by atoms with Gasteiger partial charge in [-0.05, 0) is 30.8 Å². The zero-order valence-electron chi connectivity index (χ0n) is 8.84. The standard InChI is InChI=1S/C11H13ClFNO2/c1-14-6-7(4-11(15)16)9-5-8(12)2-3-10(9)13/h2-3,5,7,14H,4,6H2,1H3,(H,15,16). The first-order chi connectivity index (χ1) is 7.54. The van der Waals surface area contributed by atoms with Crippen molar-refractivity contribution in [1.29, 1.82) is 0 Å². The summed E-state index contributed by atoms with van der Waals surface area (Å²) in [5.41, 5.74) is 0.337. The Kier molecular flexibility index (Phi) is 4.71. The van der Waals surface area contributed by atoms with E-state index in [0.29, 0.717) is 17.1 Å². The van der Waals surface area contributed by atoms with Gasteiger partial charge in [-0.25, -0.2) is 4.39 Å². The van der Waals surface area contributed by atoms with Gasteiger partial charge in [0.15, 0.2) is 0 Å². The molecule has 2 N–H and O–H groups in total. The Labute approximate surface area is 98.2 Å². The predicted octanol–water partition coefficient (Wildman–Crippen LogP) is 2.26. The smallest absolute Gasteiger partial charge is 0.304 e. The Balaban J connectivity index is 2.99. The van der Waals surface area contributed by atoms with Gasteiger partial charge >= 0.3 is 5.97 Å². The van der Waals surface area contributed by atoms with Crippen LogP contribution in [0.5, 0.6) is 0 Å². The normalized spacial score (nSPS) is 12.4. The third-order valence-corrected chi connectivity index (χ3v) is 2.50. The minimum absolute atomic E-state index is 0.127. The number of carboxylic acid groups (broad SMARTS) is 1. The molecule has 0 fully saturated rings. The average Bonchev–Trinajstić information content (AvgIpc) is 2.20. The van der Waals surface area contributed by atoms with E-state index in [-0.39, 0.29) is 6.42 Å². The summed E-state index contributed by atoms with van der Waals surface area (Å²) in [6.07, 6.45) is -0.127. The summed E-state index contributed by atoms with van der Waals surface area (Å²) in [5.74, 6) is -1.80. The molecule has 0 aromatic heterocycles. The number of hydrogen-bond donors (Lipinski definition) is 2. The van der Waals surface area contributed by atoms with Crippen LogP contribution in [0.15, 0.2) is 18.2 Å². The number of likely N-dealkylation sites (N-methyl/N-ethyl adjacent to an activating group) is 1. The topological polar surface area (TPSA) is 49.3 Å². The fourth-order valence-corrected chi connectivity index (χ4v) is 1.76. The molecule has 0 aliphatic rings. The molecule has 16 heavy (non-hydrogen) atoms. The van der Waals surface area contributed by atoms with Crippen LogP contribution in [-0.4, -0.2) is 24.7 Å². The molecular formula is C11H13ClFNO2. The Morgan fingerprint density at radius 1 is 1.62 bits per heavy atom. The molecule has 88 valence electrons. The number of carboxylic acids is 1. The lowest BCUT2D eigenvalue weighted by atomic mass is 9.95. The van der Waals surface area contributed by atoms with E-state index in [4.69, 9.17) is 16.7 Å². The van der Waals surface area contributed by atoms with Crippen molar-refractivity contribution in [3.63, 3.8) is 0 Å². The van der Waals surface area contributed by atoms with Gasteiger partial charge in [0.2, 0.25) is 0 Å². The van der Waals surface area contributed by atoms with Crippen LogP contribution in [0.3, 0.4) is 0 Å². The fraction of sp³-hybridized carbons (Fsp3) is 0.364. The second-order valence-electron chi connectivity index (χ2n) is 3.52. The number of carbonyl (C=O) groups is 1. The Bertz CT molecular complexity index is 384. The van der Waals surface area contributed by atoms with Crippen LogP contribution in [0.2, 0.25) is 5.02 Å². The highest BCUT2D eigenvalue weighted by Crippen LogP contribution is 2.25. The largest absolute Gasteiger partial charge is 0.481 e. The molecule has 1 atom stereocenters. The van der Waals surface area contributed by atoms with E-state index < -0.39 is 17.7 Å². The molecule has 1 unspecified atom stereocenters. The number of halogens is 2. The van der Waals surface area contributed by atoms with E-state index in [0.717, 1.165) is 0 Å². The summed E-state index contributed by atoms with van der Waals surface area (Å²) in [6, 6.07) is 4.17. The Hall–Kier alpha value is -1.13. The van der Waals surface area contributed by atoms with Crippen molar-refractivity contribution in [2.45, 2.75) is 12.3 Å². The van der Waals surface area contributed by atoms with E-state index in [2.05, 4.69) is 5.32 Å². The highest BCUT2D eigenvalue weighted by molar-refractivity contribution is 6.30. The van der Waals surface area contributed by atoms with Gasteiger partial charge in [-0.2, -0.15) is 0 Å². The lowest BCUT2D eigenvalue weighted by Gasteiger charge is -2.15. The summed E-state index contributed by atoms with van der Waals surface area (Å²) in [5, 5.41) is 12.0. The molecule has 0 radical (unpaired) electrons. The second kappa shape index (κ2) is 5.82. The first kappa shape index (κ1) is 12.9. The zero-order valence-corrected chi connectivity index (χ0v) is 9.59. The molecule has 0 bridgehead atoms. The van der Waals surface area contributed by atoms with Crippen molar-refractivity contribution in [2.24, 2.45) is 0 Å². The number of aliphatic carboxylic acids is 1. The number of nitrogens with one attached hydrogen (secondary N) is 1. The van der Waals surface area contributed by atoms with Gasteiger partial charge in [-0.1, -0.05) is 11.6 Å². The molecule has 0 spiro atoms. The van der Waals surface area contributed by atoms with Gasteiger partial charge < -0.3 is 10.4 Å². The van der Waals surface area contributed by atoms with Crippen LogP contribution in [0, 0.1) is 5.82 Å². The molecule has 5 heteroatoms. The van der Waals surface area contributed by atoms with Crippen molar-refractivity contribution in [1.82, 2.24) is 5.32 Å². The molecule has 1 aromatic rings. The third-order valence-electron chi connectivity index (χ3n) is 2.27. The maximum absolute atomic E-state index is 13.5. The highest BCUT2D eigenvalue weighted by Gasteiger charge is 2.18. The maximum Gasteiger partial charge on any atom is 0.304 e. The predicted molar refractivity (Wildman–Crippen MR) is 60.3 cm³/mol. The summed E-state index contributed by atoms with van der Waals surface area (Å²) < 4.78 is 13.5. The fourth-order valence-electron chi connectivity index (χ4n) is 1.58. The molecule has 0 saturated heterocycles. The maximum atomic E-state index is 13.5. The third kappa shape index (κ3) is 3.47. The minimum atomic E-state index is -0.959. The van der Waals surface area contributed by atoms with Crippen LogP contribution < -0.4 is 5.32 Å². The van der Waals surface area contributed by atoms with Gasteiger partial charge in [0.05, 0.1) is 6.42 Å². The highest BCUT2D eigenvalue weighted by atomic mass is 35.5. The first-order valence-electron chi connectivity index (χ1n) is 4.86. The van der Waals surface area contributed by atoms with Crippen molar-refractivity contribution in [2.75, 3.05) is 13.6 Å². The van der Waals surface area contributed by atoms with Crippen LogP contribution in [0.1, 0.15) is 17.9 Å². The summed E-state index contributed by atoms with van der Waals surface area (Å²) in [6.45, 7) is 0.392. The van der Waals surface area contributed by atoms with E-state index in [1.165, 1.54) is 18.2 Å². The van der Waals surface area contributed by atoms with Crippen LogP contribution in [0.4, 0.5) is 4.39 Å². The molecule has 1 rings (SSSR count). The van der Waals surface area contributed by atoms with Crippen molar-refractivity contribution >= 4 is 17.6 Å². The zero-order chi connectivity index (χ0) is 12.1. The van der Waals surface area contributed by atoms with Crippen molar-refractivity contribution in [3.05, 3.63) is 34.6 Å². The molecule has 0 amide bonds. The summed E-state index contributed by atoms with van der Waals surface area (Å²) in [4.78, 5) is 10.7. The minimum Gasteiger partial charge on any atom is -0.481 e. The molecule has 3 nitrogen and oxygen atoms in total. The van der Waals surface area contributed by atoms with E-state index >= 15 is 0 Å². The van der Waals surface area contributed by atoms with Crippen LogP contribution in [0.25, 0.3) is 0 Å². The van der Waals surface area contributed by atoms with Gasteiger partial charge in [0.25, 0.3) is 0 Å². The quantitative estimate of drug-likeness (QED) is 0.837. The first-order valence-corrected chi connectivity index (χ1v) is 5.23. The Morgan fingerprint density at radius 2 is 2.31 bits per heavy atom. The monoisotopic (exact) mass is 245 g/mol. The lowest BCUT2D eigenvalue weighted by Crippen LogP contribution is -2.20. The van der Waals surface area contributed by atoms with E-state index in [1.54, 1.807) is 7.05 Å². The van der Waals surface area contributed by atoms with Crippen molar-refractivity contribution < 1.29 is 14.3 Å². The number of benzene rings is 1. The second-order valence-corrected chi connectivity index (χ2v) is 3.95. The lowest BCUT2D eigenvalue weighted by molar-refractivity contribution is -0.137. The molecule has 0 saturated carbocycles. The molecule has 0 aliphatic carbocycles. The molecular weight excluding hydrogens is 233 g/mol. The SMILES string of the molecule is CNCC(CC(=O)O)c1cc(Cl)ccc1F. The molecule has 0 heterocycles. The van der Waals surface area contributed by atoms with Crippen LogP contribution in [-0.2, 0) is 4.79 Å². The van der Waals surface area contributed by atoms with Crippen LogP contribution >= 0.6 is 11.6 Å². The van der Waals surface area contributed by atoms with Gasteiger partial charge in [-0.15, -0.1) is 0 Å². The van der Waals surface area contributed by atoms with E-state index in [9.17, 15) is 9.18 Å². The Morgan fingerprint density at radius 3 is 2.88 bits per heavy atom. The molecule has 0 aliphatic heterocycles. The molecule has 1 aromatic carbocycles. The van der Waals surface area contributed by atoms with Gasteiger partial charge in [-0.3, -0.25) is 4.79 Å². The summed E-state index contributed by atoms with van der Waals surface area (Å²) >= 11 is 5.76. The number of rotatable bonds is 5. The summed E-state index contributed by atoms with van der Waals surface area (Å²) in [7, 11) is 1.69. The number of hydrogen-bond acceptors (Lipinski definition) is 2.